The summed E-state index contributed by atoms with van der Waals surface area (Å²) >= 11 is 1.11. The minimum Gasteiger partial charge on any atom is -0.396 e. The summed E-state index contributed by atoms with van der Waals surface area (Å²) in [5.41, 5.74) is 11.3. The molecule has 5 N–H and O–H groups in total. The van der Waals surface area contributed by atoms with Crippen molar-refractivity contribution >= 4 is 27.9 Å². The van der Waals surface area contributed by atoms with Crippen molar-refractivity contribution in [2.45, 2.75) is 13.3 Å². The number of carbonyl (C=O) groups is 1. The van der Waals surface area contributed by atoms with Crippen LogP contribution in [0, 0.1) is 11.3 Å². The standard InChI is InChI=1S/C11H16N4O2S/c1-2-17-5-3-4-15-11-7(6-12)8(13)9(18-11)10(14)16/h15H,2-5,13H2,1H3,(H2,14,16). The number of nitriles is 1. The van der Waals surface area contributed by atoms with E-state index in [1.54, 1.807) is 0 Å². The van der Waals surface area contributed by atoms with E-state index in [9.17, 15) is 4.79 Å². The number of nitrogen functional groups attached to an aromatic ring is 1. The highest BCUT2D eigenvalue weighted by Crippen LogP contribution is 2.34. The van der Waals surface area contributed by atoms with Gasteiger partial charge < -0.3 is 21.5 Å². The Labute approximate surface area is 110 Å². The molecule has 0 spiro atoms. The van der Waals surface area contributed by atoms with Crippen LogP contribution >= 0.6 is 11.3 Å². The van der Waals surface area contributed by atoms with Crippen molar-refractivity contribution in [1.29, 1.82) is 5.26 Å². The van der Waals surface area contributed by atoms with Gasteiger partial charge in [0.05, 0.1) is 5.69 Å². The second kappa shape index (κ2) is 6.83. The van der Waals surface area contributed by atoms with Crippen LogP contribution in [0.2, 0.25) is 0 Å². The maximum atomic E-state index is 11.1. The van der Waals surface area contributed by atoms with Gasteiger partial charge in [0.15, 0.2) is 0 Å². The van der Waals surface area contributed by atoms with E-state index >= 15 is 0 Å². The van der Waals surface area contributed by atoms with E-state index in [4.69, 9.17) is 21.5 Å². The lowest BCUT2D eigenvalue weighted by Crippen LogP contribution is -2.10. The van der Waals surface area contributed by atoms with E-state index in [-0.39, 0.29) is 16.1 Å². The highest BCUT2D eigenvalue weighted by atomic mass is 32.1. The number of nitrogens with one attached hydrogen (secondary N) is 1. The van der Waals surface area contributed by atoms with Gasteiger partial charge in [-0.05, 0) is 13.3 Å². The first-order valence-corrected chi connectivity index (χ1v) is 6.37. The van der Waals surface area contributed by atoms with Crippen molar-refractivity contribution in [2.75, 3.05) is 30.8 Å². The number of primary amides is 1. The van der Waals surface area contributed by atoms with Gasteiger partial charge in [-0.1, -0.05) is 0 Å². The van der Waals surface area contributed by atoms with Crippen molar-refractivity contribution in [2.24, 2.45) is 5.73 Å². The van der Waals surface area contributed by atoms with Gasteiger partial charge in [-0.15, -0.1) is 11.3 Å². The van der Waals surface area contributed by atoms with Gasteiger partial charge >= 0.3 is 0 Å². The lowest BCUT2D eigenvalue weighted by Gasteiger charge is -2.04. The molecule has 1 amide bonds. The largest absolute Gasteiger partial charge is 0.396 e. The predicted molar refractivity (Wildman–Crippen MR) is 71.6 cm³/mol. The Morgan fingerprint density at radius 2 is 2.33 bits per heavy atom. The molecule has 1 aromatic heterocycles. The fourth-order valence-electron chi connectivity index (χ4n) is 1.38. The Kier molecular flexibility index (Phi) is 5.42. The number of nitrogens with zero attached hydrogens (tertiary/aromatic N) is 1. The quantitative estimate of drug-likeness (QED) is 0.641. The molecule has 7 heteroatoms. The second-order valence-electron chi connectivity index (χ2n) is 3.50. The first-order chi connectivity index (χ1) is 8.61. The minimum atomic E-state index is -0.614. The number of rotatable bonds is 7. The first-order valence-electron chi connectivity index (χ1n) is 5.55. The highest BCUT2D eigenvalue weighted by Gasteiger charge is 2.18. The van der Waals surface area contributed by atoms with Gasteiger partial charge in [0.2, 0.25) is 0 Å². The normalized spacial score (nSPS) is 10.0. The van der Waals surface area contributed by atoms with Gasteiger partial charge in [-0.25, -0.2) is 0 Å². The Hall–Kier alpha value is -1.78. The molecule has 0 aliphatic rings. The molecule has 0 radical (unpaired) electrons. The maximum Gasteiger partial charge on any atom is 0.261 e. The van der Waals surface area contributed by atoms with Gasteiger partial charge in [-0.2, -0.15) is 5.26 Å². The summed E-state index contributed by atoms with van der Waals surface area (Å²) in [6, 6.07) is 1.98. The lowest BCUT2D eigenvalue weighted by molar-refractivity contribution is 0.100. The average Bonchev–Trinajstić information content (AvgIpc) is 2.65. The summed E-state index contributed by atoms with van der Waals surface area (Å²) in [7, 11) is 0. The van der Waals surface area contributed by atoms with E-state index in [0.29, 0.717) is 24.8 Å². The zero-order chi connectivity index (χ0) is 13.5. The van der Waals surface area contributed by atoms with Gasteiger partial charge in [0.25, 0.3) is 5.91 Å². The molecule has 0 atom stereocenters. The highest BCUT2D eigenvalue weighted by molar-refractivity contribution is 7.18. The molecule has 0 aliphatic carbocycles. The Bertz CT molecular complexity index is 464. The monoisotopic (exact) mass is 268 g/mol. The molecule has 0 fully saturated rings. The number of hydrogen-bond donors (Lipinski definition) is 3. The molecule has 0 aromatic carbocycles. The molecule has 0 saturated carbocycles. The molecule has 1 heterocycles. The third-order valence-corrected chi connectivity index (χ3v) is 3.41. The first kappa shape index (κ1) is 14.3. The third kappa shape index (κ3) is 3.35. The molecule has 6 nitrogen and oxygen atoms in total. The van der Waals surface area contributed by atoms with Gasteiger partial charge in [-0.3, -0.25) is 4.79 Å². The van der Waals surface area contributed by atoms with Crippen LogP contribution in [0.15, 0.2) is 0 Å². The summed E-state index contributed by atoms with van der Waals surface area (Å²) < 4.78 is 5.19. The predicted octanol–water partition coefficient (Wildman–Crippen LogP) is 1.14. The molecule has 0 unspecified atom stereocenters. The molecule has 98 valence electrons. The lowest BCUT2D eigenvalue weighted by atomic mass is 10.2. The van der Waals surface area contributed by atoms with Crippen molar-refractivity contribution in [3.05, 3.63) is 10.4 Å². The summed E-state index contributed by atoms with van der Waals surface area (Å²) in [4.78, 5) is 11.3. The van der Waals surface area contributed by atoms with Crippen LogP contribution in [0.4, 0.5) is 10.7 Å². The van der Waals surface area contributed by atoms with E-state index in [2.05, 4.69) is 5.32 Å². The summed E-state index contributed by atoms with van der Waals surface area (Å²) in [5, 5.41) is 12.6. The zero-order valence-electron chi connectivity index (χ0n) is 10.2. The zero-order valence-corrected chi connectivity index (χ0v) is 11.0. The van der Waals surface area contributed by atoms with Crippen LogP contribution in [0.1, 0.15) is 28.6 Å². The molecule has 18 heavy (non-hydrogen) atoms. The SMILES string of the molecule is CCOCCCNc1sc(C(N)=O)c(N)c1C#N. The minimum absolute atomic E-state index is 0.155. The average molecular weight is 268 g/mol. The van der Waals surface area contributed by atoms with E-state index in [1.807, 2.05) is 13.0 Å². The second-order valence-corrected chi connectivity index (χ2v) is 4.52. The number of thiophene rings is 1. The van der Waals surface area contributed by atoms with Crippen molar-refractivity contribution in [3.63, 3.8) is 0 Å². The van der Waals surface area contributed by atoms with Crippen LogP contribution in [0.3, 0.4) is 0 Å². The summed E-state index contributed by atoms with van der Waals surface area (Å²) in [5.74, 6) is -0.614. The molecule has 0 aliphatic heterocycles. The topological polar surface area (TPSA) is 114 Å². The van der Waals surface area contributed by atoms with E-state index in [1.165, 1.54) is 0 Å². The fourth-order valence-corrected chi connectivity index (χ4v) is 2.33. The number of anilines is 2. The van der Waals surface area contributed by atoms with Crippen LogP contribution in [0.25, 0.3) is 0 Å². The summed E-state index contributed by atoms with van der Waals surface area (Å²) in [6.45, 7) is 3.91. The molecule has 1 rings (SSSR count). The van der Waals surface area contributed by atoms with E-state index < -0.39 is 5.91 Å². The Balaban J connectivity index is 2.68. The van der Waals surface area contributed by atoms with Crippen LogP contribution in [-0.2, 0) is 4.74 Å². The number of amides is 1. The molecular weight excluding hydrogens is 252 g/mol. The summed E-state index contributed by atoms with van der Waals surface area (Å²) in [6.07, 6.45) is 0.808. The van der Waals surface area contributed by atoms with Gasteiger partial charge in [0.1, 0.15) is 21.5 Å². The van der Waals surface area contributed by atoms with Crippen LogP contribution in [0.5, 0.6) is 0 Å². The number of carbonyl (C=O) groups excluding carboxylic acids is 1. The Morgan fingerprint density at radius 1 is 1.61 bits per heavy atom. The van der Waals surface area contributed by atoms with Crippen molar-refractivity contribution in [1.82, 2.24) is 0 Å². The maximum absolute atomic E-state index is 11.1. The molecule has 1 aromatic rings. The number of ether oxygens (including phenoxy) is 1. The number of hydrogen-bond acceptors (Lipinski definition) is 6. The smallest absolute Gasteiger partial charge is 0.261 e. The van der Waals surface area contributed by atoms with Crippen LogP contribution < -0.4 is 16.8 Å². The number of nitrogens with two attached hydrogens (primary N) is 2. The third-order valence-electron chi connectivity index (χ3n) is 2.24. The Morgan fingerprint density at radius 3 is 2.89 bits per heavy atom. The van der Waals surface area contributed by atoms with E-state index in [0.717, 1.165) is 17.8 Å². The molecule has 0 saturated heterocycles. The van der Waals surface area contributed by atoms with Crippen molar-refractivity contribution < 1.29 is 9.53 Å². The van der Waals surface area contributed by atoms with Crippen molar-refractivity contribution in [3.8, 4) is 6.07 Å². The van der Waals surface area contributed by atoms with Crippen LogP contribution in [-0.4, -0.2) is 25.7 Å². The fraction of sp³-hybridized carbons (Fsp3) is 0.455. The van der Waals surface area contributed by atoms with Gasteiger partial charge in [0, 0.05) is 19.8 Å². The molecule has 0 bridgehead atoms. The molecular formula is C11H16N4O2S.